The minimum Gasteiger partial charge on any atom is -0.493 e. The molecule has 0 spiro atoms. The van der Waals surface area contributed by atoms with Crippen LogP contribution in [-0.2, 0) is 11.3 Å². The third-order valence-corrected chi connectivity index (χ3v) is 4.99. The topological polar surface area (TPSA) is 67.4 Å². The van der Waals surface area contributed by atoms with Crippen LogP contribution in [0.5, 0.6) is 11.5 Å². The summed E-state index contributed by atoms with van der Waals surface area (Å²) in [7, 11) is 3.45. The predicted octanol–water partition coefficient (Wildman–Crippen LogP) is 2.26. The van der Waals surface area contributed by atoms with Crippen LogP contribution in [-0.4, -0.2) is 70.5 Å². The molecule has 158 valence electrons. The van der Waals surface area contributed by atoms with Crippen molar-refractivity contribution in [3.8, 4) is 11.5 Å². The summed E-state index contributed by atoms with van der Waals surface area (Å²) in [5, 5.41) is 6.66. The number of benzene rings is 1. The van der Waals surface area contributed by atoms with Crippen molar-refractivity contribution in [3.63, 3.8) is 0 Å². The molecule has 7 heteroatoms. The molecule has 0 amide bonds. The molecular weight excluding hydrogens is 356 g/mol. The zero-order chi connectivity index (χ0) is 20.2. The van der Waals surface area contributed by atoms with Crippen molar-refractivity contribution in [2.45, 2.75) is 39.3 Å². The van der Waals surface area contributed by atoms with Crippen molar-refractivity contribution in [2.75, 3.05) is 53.6 Å². The van der Waals surface area contributed by atoms with Gasteiger partial charge in [-0.05, 0) is 43.6 Å². The summed E-state index contributed by atoms with van der Waals surface area (Å²) in [5.41, 5.74) is 1.10. The van der Waals surface area contributed by atoms with Crippen molar-refractivity contribution in [1.29, 1.82) is 0 Å². The first-order valence-corrected chi connectivity index (χ1v) is 10.3. The molecule has 1 heterocycles. The second-order valence-corrected chi connectivity index (χ2v) is 6.80. The maximum atomic E-state index is 5.92. The molecular formula is C21H36N4O3. The fourth-order valence-electron chi connectivity index (χ4n) is 3.19. The highest BCUT2D eigenvalue weighted by Crippen LogP contribution is 2.28. The van der Waals surface area contributed by atoms with Crippen LogP contribution in [0.4, 0.5) is 0 Å². The van der Waals surface area contributed by atoms with E-state index in [1.54, 1.807) is 14.2 Å². The standard InChI is InChI=1S/C21H36N4O3/c1-5-25(6-2)11-13-28-19-10-9-17(14-20(19)26-4)15-23-21(22-3)24-16-18-8-7-12-27-18/h9-10,14,18H,5-8,11-13,15-16H2,1-4H3,(H2,22,23,24). The molecule has 1 saturated heterocycles. The van der Waals surface area contributed by atoms with Crippen molar-refractivity contribution >= 4 is 5.96 Å². The lowest BCUT2D eigenvalue weighted by Crippen LogP contribution is -2.40. The van der Waals surface area contributed by atoms with Gasteiger partial charge in [-0.3, -0.25) is 4.99 Å². The first-order chi connectivity index (χ1) is 13.7. The normalized spacial score (nSPS) is 17.0. The second kappa shape index (κ2) is 12.5. The summed E-state index contributed by atoms with van der Waals surface area (Å²) in [5.74, 6) is 2.30. The van der Waals surface area contributed by atoms with Gasteiger partial charge in [0.05, 0.1) is 13.2 Å². The number of hydrogen-bond acceptors (Lipinski definition) is 5. The summed E-state index contributed by atoms with van der Waals surface area (Å²) < 4.78 is 17.1. The van der Waals surface area contributed by atoms with E-state index in [4.69, 9.17) is 14.2 Å². The zero-order valence-electron chi connectivity index (χ0n) is 17.8. The van der Waals surface area contributed by atoms with Gasteiger partial charge in [-0.1, -0.05) is 19.9 Å². The van der Waals surface area contributed by atoms with E-state index < -0.39 is 0 Å². The maximum absolute atomic E-state index is 5.92. The monoisotopic (exact) mass is 392 g/mol. The van der Waals surface area contributed by atoms with E-state index in [1.807, 2.05) is 12.1 Å². The Morgan fingerprint density at radius 2 is 2.07 bits per heavy atom. The van der Waals surface area contributed by atoms with Gasteiger partial charge in [-0.2, -0.15) is 0 Å². The summed E-state index contributed by atoms with van der Waals surface area (Å²) >= 11 is 0. The number of methoxy groups -OCH3 is 1. The van der Waals surface area contributed by atoms with E-state index in [2.05, 4.69) is 40.4 Å². The molecule has 1 aliphatic heterocycles. The van der Waals surface area contributed by atoms with Crippen LogP contribution in [0.25, 0.3) is 0 Å². The van der Waals surface area contributed by atoms with Crippen LogP contribution in [0.3, 0.4) is 0 Å². The number of rotatable bonds is 11. The van der Waals surface area contributed by atoms with Gasteiger partial charge in [0, 0.05) is 33.3 Å². The average Bonchev–Trinajstić information content (AvgIpc) is 3.25. The summed E-state index contributed by atoms with van der Waals surface area (Å²) in [6.45, 7) is 10.2. The lowest BCUT2D eigenvalue weighted by atomic mass is 10.2. The molecule has 2 rings (SSSR count). The molecule has 1 aromatic rings. The Balaban J connectivity index is 1.82. The number of hydrogen-bond donors (Lipinski definition) is 2. The number of nitrogens with zero attached hydrogens (tertiary/aromatic N) is 2. The predicted molar refractivity (Wildman–Crippen MR) is 113 cm³/mol. The highest BCUT2D eigenvalue weighted by Gasteiger charge is 2.15. The van der Waals surface area contributed by atoms with Gasteiger partial charge in [0.2, 0.25) is 0 Å². The first kappa shape index (κ1) is 22.3. The van der Waals surface area contributed by atoms with Crippen LogP contribution in [0.15, 0.2) is 23.2 Å². The molecule has 1 atom stereocenters. The molecule has 28 heavy (non-hydrogen) atoms. The van der Waals surface area contributed by atoms with Crippen LogP contribution in [0.1, 0.15) is 32.3 Å². The Labute approximate surface area is 169 Å². The molecule has 1 aliphatic rings. The molecule has 0 aromatic heterocycles. The number of aliphatic imine (C=N–C) groups is 1. The Morgan fingerprint density at radius 1 is 1.25 bits per heavy atom. The van der Waals surface area contributed by atoms with Crippen LogP contribution in [0, 0.1) is 0 Å². The van der Waals surface area contributed by atoms with E-state index in [-0.39, 0.29) is 6.10 Å². The fourth-order valence-corrected chi connectivity index (χ4v) is 3.19. The van der Waals surface area contributed by atoms with Gasteiger partial charge in [0.1, 0.15) is 6.61 Å². The van der Waals surface area contributed by atoms with E-state index >= 15 is 0 Å². The van der Waals surface area contributed by atoms with E-state index in [0.29, 0.717) is 13.2 Å². The zero-order valence-corrected chi connectivity index (χ0v) is 17.8. The molecule has 2 N–H and O–H groups in total. The minimum atomic E-state index is 0.284. The Bertz CT molecular complexity index is 599. The second-order valence-electron chi connectivity index (χ2n) is 6.80. The SMILES string of the molecule is CCN(CC)CCOc1ccc(CNC(=NC)NCC2CCCO2)cc1OC. The Morgan fingerprint density at radius 3 is 2.71 bits per heavy atom. The molecule has 0 radical (unpaired) electrons. The van der Waals surface area contributed by atoms with Crippen LogP contribution < -0.4 is 20.1 Å². The van der Waals surface area contributed by atoms with Gasteiger partial charge >= 0.3 is 0 Å². The molecule has 1 aromatic carbocycles. The molecule has 1 unspecified atom stereocenters. The number of ether oxygens (including phenoxy) is 3. The van der Waals surface area contributed by atoms with E-state index in [1.165, 1.54) is 0 Å². The van der Waals surface area contributed by atoms with E-state index in [9.17, 15) is 0 Å². The summed E-state index contributed by atoms with van der Waals surface area (Å²) in [6.07, 6.45) is 2.53. The van der Waals surface area contributed by atoms with Gasteiger partial charge in [-0.15, -0.1) is 0 Å². The van der Waals surface area contributed by atoms with Gasteiger partial charge in [0.15, 0.2) is 17.5 Å². The molecule has 7 nitrogen and oxygen atoms in total. The Kier molecular flexibility index (Phi) is 9.93. The minimum absolute atomic E-state index is 0.284. The highest BCUT2D eigenvalue weighted by atomic mass is 16.5. The van der Waals surface area contributed by atoms with Crippen molar-refractivity contribution in [3.05, 3.63) is 23.8 Å². The molecule has 0 saturated carbocycles. The Hall–Kier alpha value is -1.99. The van der Waals surface area contributed by atoms with E-state index in [0.717, 1.165) is 68.6 Å². The van der Waals surface area contributed by atoms with Crippen molar-refractivity contribution in [1.82, 2.24) is 15.5 Å². The largest absolute Gasteiger partial charge is 0.493 e. The smallest absolute Gasteiger partial charge is 0.191 e. The number of guanidine groups is 1. The third kappa shape index (κ3) is 7.20. The quantitative estimate of drug-likeness (QED) is 0.445. The highest BCUT2D eigenvalue weighted by molar-refractivity contribution is 5.79. The summed E-state index contributed by atoms with van der Waals surface area (Å²) in [4.78, 5) is 6.61. The van der Waals surface area contributed by atoms with Gasteiger partial charge < -0.3 is 29.7 Å². The average molecular weight is 393 g/mol. The fraction of sp³-hybridized carbons (Fsp3) is 0.667. The molecule has 0 bridgehead atoms. The van der Waals surface area contributed by atoms with Crippen LogP contribution >= 0.6 is 0 Å². The van der Waals surface area contributed by atoms with Gasteiger partial charge in [0.25, 0.3) is 0 Å². The lowest BCUT2D eigenvalue weighted by molar-refractivity contribution is 0.114. The first-order valence-electron chi connectivity index (χ1n) is 10.3. The number of nitrogens with one attached hydrogen (secondary N) is 2. The molecule has 1 fully saturated rings. The number of likely N-dealkylation sites (N-methyl/N-ethyl adjacent to an activating group) is 1. The summed E-state index contributed by atoms with van der Waals surface area (Å²) in [6, 6.07) is 6.03. The van der Waals surface area contributed by atoms with Crippen molar-refractivity contribution in [2.24, 2.45) is 4.99 Å². The van der Waals surface area contributed by atoms with Crippen molar-refractivity contribution < 1.29 is 14.2 Å². The van der Waals surface area contributed by atoms with Crippen LogP contribution in [0.2, 0.25) is 0 Å². The third-order valence-electron chi connectivity index (χ3n) is 4.99. The lowest BCUT2D eigenvalue weighted by Gasteiger charge is -2.19. The molecule has 0 aliphatic carbocycles. The van der Waals surface area contributed by atoms with Gasteiger partial charge in [-0.25, -0.2) is 0 Å². The maximum Gasteiger partial charge on any atom is 0.191 e.